The third kappa shape index (κ3) is 7.56. The van der Waals surface area contributed by atoms with Gasteiger partial charge in [0.2, 0.25) is 0 Å². The molecule has 3 aromatic rings. The van der Waals surface area contributed by atoms with E-state index >= 15 is 0 Å². The lowest BCUT2D eigenvalue weighted by atomic mass is 9.90. The highest BCUT2D eigenvalue weighted by Crippen LogP contribution is 2.30. The number of anilines is 1. The maximum Gasteiger partial charge on any atom is 0.262 e. The van der Waals surface area contributed by atoms with Gasteiger partial charge < -0.3 is 19.7 Å². The number of nitrogens with zero attached hydrogens (tertiary/aromatic N) is 1. The maximum atomic E-state index is 12.4. The van der Waals surface area contributed by atoms with Gasteiger partial charge in [-0.15, -0.1) is 0 Å². The van der Waals surface area contributed by atoms with Gasteiger partial charge in [0.25, 0.3) is 5.91 Å². The van der Waals surface area contributed by atoms with Gasteiger partial charge >= 0.3 is 0 Å². The molecule has 1 amide bonds. The second-order valence-corrected chi connectivity index (χ2v) is 9.79. The quantitative estimate of drug-likeness (QED) is 0.321. The Balaban J connectivity index is 1.32. The van der Waals surface area contributed by atoms with E-state index in [4.69, 9.17) is 21.7 Å². The molecule has 1 N–H and O–H groups in total. The van der Waals surface area contributed by atoms with Gasteiger partial charge in [-0.3, -0.25) is 4.79 Å². The Kier molecular flexibility index (Phi) is 9.55. The molecule has 0 unspecified atom stereocenters. The van der Waals surface area contributed by atoms with Crippen LogP contribution in [0, 0.1) is 5.92 Å². The summed E-state index contributed by atoms with van der Waals surface area (Å²) in [5.41, 5.74) is 4.32. The molecule has 1 fully saturated rings. The van der Waals surface area contributed by atoms with Crippen molar-refractivity contribution in [3.63, 3.8) is 0 Å². The lowest BCUT2D eigenvalue weighted by Crippen LogP contribution is -2.38. The topological polar surface area (TPSA) is 50.8 Å². The smallest absolute Gasteiger partial charge is 0.262 e. The van der Waals surface area contributed by atoms with Crippen molar-refractivity contribution in [1.29, 1.82) is 0 Å². The van der Waals surface area contributed by atoms with E-state index in [9.17, 15) is 4.79 Å². The number of piperidine rings is 1. The largest absolute Gasteiger partial charge is 0.490 e. The lowest BCUT2D eigenvalue weighted by molar-refractivity contribution is -0.118. The predicted octanol–water partition coefficient (Wildman–Crippen LogP) is 6.30. The molecule has 194 valence electrons. The minimum absolute atomic E-state index is 0.103. The molecule has 0 aromatic heterocycles. The number of hydrogen-bond donors (Lipinski definition) is 1. The van der Waals surface area contributed by atoms with Crippen LogP contribution in [0.3, 0.4) is 0 Å². The summed E-state index contributed by atoms with van der Waals surface area (Å²) in [6.45, 7) is 6.33. The summed E-state index contributed by atoms with van der Waals surface area (Å²) in [5.74, 6) is 1.60. The lowest BCUT2D eigenvalue weighted by Gasteiger charge is -2.34. The monoisotopic (exact) mass is 516 g/mol. The molecular weight excluding hydrogens is 480 g/mol. The van der Waals surface area contributed by atoms with E-state index in [0.29, 0.717) is 24.0 Å². The first-order valence-corrected chi connectivity index (χ1v) is 13.6. The predicted molar refractivity (Wildman–Crippen MR) is 154 cm³/mol. The van der Waals surface area contributed by atoms with Crippen molar-refractivity contribution < 1.29 is 14.3 Å². The van der Waals surface area contributed by atoms with Crippen LogP contribution in [0.1, 0.15) is 43.4 Å². The molecule has 1 aliphatic rings. The average Bonchev–Trinajstić information content (AvgIpc) is 2.93. The summed E-state index contributed by atoms with van der Waals surface area (Å²) in [7, 11) is 0. The Morgan fingerprint density at radius 1 is 0.919 bits per heavy atom. The van der Waals surface area contributed by atoms with Crippen LogP contribution in [0.2, 0.25) is 0 Å². The molecule has 37 heavy (non-hydrogen) atoms. The van der Waals surface area contributed by atoms with E-state index in [2.05, 4.69) is 47.5 Å². The standard InChI is InChI=1S/C31H36N2O3S/c1-3-23-10-13-27(14-11-23)32-30(34)22-36-28-15-12-26(21-29(28)35-4-2)31(37)33-18-16-25(17-19-33)20-24-8-6-5-7-9-24/h5-15,21,25H,3-4,16-20,22H2,1-2H3,(H,32,34). The van der Waals surface area contributed by atoms with Crippen molar-refractivity contribution in [3.8, 4) is 11.5 Å². The first-order valence-electron chi connectivity index (χ1n) is 13.2. The van der Waals surface area contributed by atoms with Crippen molar-refractivity contribution in [1.82, 2.24) is 4.90 Å². The van der Waals surface area contributed by atoms with Gasteiger partial charge in [-0.25, -0.2) is 0 Å². The van der Waals surface area contributed by atoms with Crippen LogP contribution in [-0.4, -0.2) is 42.1 Å². The van der Waals surface area contributed by atoms with Crippen LogP contribution in [0.4, 0.5) is 5.69 Å². The minimum atomic E-state index is -0.218. The number of carbonyl (C=O) groups excluding carboxylic acids is 1. The van der Waals surface area contributed by atoms with Crippen molar-refractivity contribution in [3.05, 3.63) is 89.5 Å². The van der Waals surface area contributed by atoms with Crippen LogP contribution >= 0.6 is 12.2 Å². The molecule has 0 radical (unpaired) electrons. The number of benzene rings is 3. The Hall–Kier alpha value is -3.38. The summed E-state index contributed by atoms with van der Waals surface area (Å²) < 4.78 is 11.7. The highest BCUT2D eigenvalue weighted by molar-refractivity contribution is 7.80. The zero-order valence-corrected chi connectivity index (χ0v) is 22.6. The summed E-state index contributed by atoms with van der Waals surface area (Å²) >= 11 is 5.86. The van der Waals surface area contributed by atoms with Gasteiger partial charge in [0.1, 0.15) is 4.99 Å². The van der Waals surface area contributed by atoms with Gasteiger partial charge in [-0.1, -0.05) is 61.6 Å². The molecule has 6 heteroatoms. The molecule has 0 saturated carbocycles. The summed E-state index contributed by atoms with van der Waals surface area (Å²) in [5, 5.41) is 2.87. The molecule has 1 heterocycles. The summed E-state index contributed by atoms with van der Waals surface area (Å²) in [6.07, 6.45) is 4.35. The number of aryl methyl sites for hydroxylation is 1. The van der Waals surface area contributed by atoms with Crippen LogP contribution in [-0.2, 0) is 17.6 Å². The van der Waals surface area contributed by atoms with E-state index < -0.39 is 0 Å². The fourth-order valence-corrected chi connectivity index (χ4v) is 4.97. The first-order chi connectivity index (χ1) is 18.1. The molecule has 1 aliphatic heterocycles. The third-order valence-electron chi connectivity index (χ3n) is 6.76. The molecule has 0 spiro atoms. The molecular formula is C31H36N2O3S. The van der Waals surface area contributed by atoms with Gasteiger partial charge in [-0.05, 0) is 80.0 Å². The number of amides is 1. The number of carbonyl (C=O) groups is 1. The number of rotatable bonds is 10. The minimum Gasteiger partial charge on any atom is -0.490 e. The van der Waals surface area contributed by atoms with Gasteiger partial charge in [0.05, 0.1) is 6.61 Å². The highest BCUT2D eigenvalue weighted by Gasteiger charge is 2.22. The zero-order valence-electron chi connectivity index (χ0n) is 21.7. The first kappa shape index (κ1) is 26.7. The van der Waals surface area contributed by atoms with Crippen molar-refractivity contribution >= 4 is 28.8 Å². The second-order valence-electron chi connectivity index (χ2n) is 9.41. The fraction of sp³-hybridized carbons (Fsp3) is 0.355. The Labute approximate surface area is 225 Å². The molecule has 1 saturated heterocycles. The molecule has 0 atom stereocenters. The number of ether oxygens (including phenoxy) is 2. The number of nitrogens with one attached hydrogen (secondary N) is 1. The van der Waals surface area contributed by atoms with Crippen LogP contribution in [0.15, 0.2) is 72.8 Å². The summed E-state index contributed by atoms with van der Waals surface area (Å²) in [4.78, 5) is 15.6. The second kappa shape index (κ2) is 13.2. The summed E-state index contributed by atoms with van der Waals surface area (Å²) in [6, 6.07) is 24.3. The Morgan fingerprint density at radius 3 is 2.32 bits per heavy atom. The Morgan fingerprint density at radius 2 is 1.65 bits per heavy atom. The van der Waals surface area contributed by atoms with E-state index in [-0.39, 0.29) is 12.5 Å². The number of thiocarbonyl (C=S) groups is 1. The van der Waals surface area contributed by atoms with E-state index in [0.717, 1.165) is 55.0 Å². The van der Waals surface area contributed by atoms with E-state index in [1.54, 1.807) is 0 Å². The average molecular weight is 517 g/mol. The van der Waals surface area contributed by atoms with Crippen LogP contribution in [0.5, 0.6) is 11.5 Å². The van der Waals surface area contributed by atoms with Crippen LogP contribution in [0.25, 0.3) is 0 Å². The van der Waals surface area contributed by atoms with Crippen molar-refractivity contribution in [2.75, 3.05) is 31.6 Å². The van der Waals surface area contributed by atoms with Crippen molar-refractivity contribution in [2.45, 2.75) is 39.5 Å². The van der Waals surface area contributed by atoms with Gasteiger partial charge in [-0.2, -0.15) is 0 Å². The maximum absolute atomic E-state index is 12.4. The number of likely N-dealkylation sites (tertiary alicyclic amines) is 1. The fourth-order valence-electron chi connectivity index (χ4n) is 4.66. The molecule has 0 aliphatic carbocycles. The highest BCUT2D eigenvalue weighted by atomic mass is 32.1. The van der Waals surface area contributed by atoms with E-state index in [1.165, 1.54) is 11.1 Å². The molecule has 4 rings (SSSR count). The normalized spacial score (nSPS) is 13.7. The van der Waals surface area contributed by atoms with Crippen LogP contribution < -0.4 is 14.8 Å². The SMILES string of the molecule is CCOc1cc(C(=S)N2CCC(Cc3ccccc3)CC2)ccc1OCC(=O)Nc1ccc(CC)cc1. The van der Waals surface area contributed by atoms with E-state index in [1.807, 2.05) is 49.4 Å². The molecule has 0 bridgehead atoms. The Bertz CT molecular complexity index is 1170. The number of hydrogen-bond acceptors (Lipinski definition) is 4. The third-order valence-corrected chi connectivity index (χ3v) is 7.26. The zero-order chi connectivity index (χ0) is 26.0. The van der Waals surface area contributed by atoms with Gasteiger partial charge in [0.15, 0.2) is 18.1 Å². The molecule has 5 nitrogen and oxygen atoms in total. The molecule has 3 aromatic carbocycles. The van der Waals surface area contributed by atoms with Gasteiger partial charge in [0, 0.05) is 24.3 Å². The van der Waals surface area contributed by atoms with Crippen molar-refractivity contribution in [2.24, 2.45) is 5.92 Å².